The monoisotopic (exact) mass is 198 g/mol. The molecule has 72 valence electrons. The van der Waals surface area contributed by atoms with Gasteiger partial charge in [-0.3, -0.25) is 0 Å². The van der Waals surface area contributed by atoms with Crippen LogP contribution in [0.15, 0.2) is 18.2 Å². The molecule has 1 nitrogen and oxygen atoms in total. The smallest absolute Gasteiger partial charge is 0.134 e. The molecule has 0 amide bonds. The van der Waals surface area contributed by atoms with Crippen LogP contribution in [0.25, 0.3) is 0 Å². The predicted octanol–water partition coefficient (Wildman–Crippen LogP) is 3.95. The zero-order valence-electron chi connectivity index (χ0n) is 8.05. The predicted molar refractivity (Wildman–Crippen MR) is 56.4 cm³/mol. The number of rotatable bonds is 3. The van der Waals surface area contributed by atoms with Crippen molar-refractivity contribution >= 4 is 11.6 Å². The van der Waals surface area contributed by atoms with Gasteiger partial charge in [-0.2, -0.15) is 0 Å². The number of phenolic OH excluding ortho intramolecular Hbond substituents is 1. The van der Waals surface area contributed by atoms with Crippen LogP contribution in [0.2, 0.25) is 5.02 Å². The van der Waals surface area contributed by atoms with E-state index in [9.17, 15) is 5.11 Å². The van der Waals surface area contributed by atoms with Crippen LogP contribution < -0.4 is 0 Å². The Morgan fingerprint density at radius 2 is 2.15 bits per heavy atom. The van der Waals surface area contributed by atoms with Crippen LogP contribution in [0, 0.1) is 0 Å². The first-order valence-electron chi connectivity index (χ1n) is 4.64. The summed E-state index contributed by atoms with van der Waals surface area (Å²) < 4.78 is 0. The van der Waals surface area contributed by atoms with Gasteiger partial charge in [-0.25, -0.2) is 0 Å². The third kappa shape index (κ3) is 2.38. The van der Waals surface area contributed by atoms with Crippen molar-refractivity contribution in [2.45, 2.75) is 32.6 Å². The Bertz CT molecular complexity index is 283. The summed E-state index contributed by atoms with van der Waals surface area (Å²) in [7, 11) is 0. The van der Waals surface area contributed by atoms with E-state index in [1.807, 2.05) is 12.1 Å². The average Bonchev–Trinajstić information content (AvgIpc) is 2.10. The van der Waals surface area contributed by atoms with Gasteiger partial charge in [-0.1, -0.05) is 44.0 Å². The number of halogens is 1. The lowest BCUT2D eigenvalue weighted by Gasteiger charge is -2.12. The molecular formula is C11H15ClO. The molecule has 0 fully saturated rings. The van der Waals surface area contributed by atoms with E-state index in [0.717, 1.165) is 18.4 Å². The molecule has 1 atom stereocenters. The summed E-state index contributed by atoms with van der Waals surface area (Å²) in [4.78, 5) is 0. The molecule has 0 bridgehead atoms. The Labute approximate surface area is 84.4 Å². The molecule has 1 aromatic carbocycles. The Morgan fingerprint density at radius 3 is 2.77 bits per heavy atom. The molecule has 0 aliphatic heterocycles. The van der Waals surface area contributed by atoms with Crippen molar-refractivity contribution in [1.82, 2.24) is 0 Å². The van der Waals surface area contributed by atoms with Gasteiger partial charge in [-0.15, -0.1) is 0 Å². The minimum absolute atomic E-state index is 0.183. The Hall–Kier alpha value is -0.690. The lowest BCUT2D eigenvalue weighted by atomic mass is 9.96. The molecule has 1 N–H and O–H groups in total. The van der Waals surface area contributed by atoms with Crippen LogP contribution in [-0.4, -0.2) is 5.11 Å². The van der Waals surface area contributed by atoms with Crippen molar-refractivity contribution < 1.29 is 5.11 Å². The topological polar surface area (TPSA) is 20.2 Å². The Kier molecular flexibility index (Phi) is 3.61. The van der Waals surface area contributed by atoms with Gasteiger partial charge in [0.05, 0.1) is 5.02 Å². The number of aromatic hydroxyl groups is 1. The van der Waals surface area contributed by atoms with E-state index in [1.165, 1.54) is 0 Å². The molecule has 0 heterocycles. The third-order valence-corrected chi connectivity index (χ3v) is 2.67. The lowest BCUT2D eigenvalue weighted by Crippen LogP contribution is -1.93. The van der Waals surface area contributed by atoms with Crippen molar-refractivity contribution in [3.05, 3.63) is 28.8 Å². The maximum absolute atomic E-state index is 9.39. The molecule has 13 heavy (non-hydrogen) atoms. The SMILES string of the molecule is CCCC(C)c1cccc(O)c1Cl. The molecule has 0 aliphatic carbocycles. The maximum atomic E-state index is 9.39. The van der Waals surface area contributed by atoms with Crippen LogP contribution in [-0.2, 0) is 0 Å². The van der Waals surface area contributed by atoms with Crippen LogP contribution >= 0.6 is 11.6 Å². The van der Waals surface area contributed by atoms with Gasteiger partial charge in [-0.05, 0) is 24.0 Å². The number of hydrogen-bond acceptors (Lipinski definition) is 1. The highest BCUT2D eigenvalue weighted by Gasteiger charge is 2.10. The summed E-state index contributed by atoms with van der Waals surface area (Å²) in [6, 6.07) is 5.43. The van der Waals surface area contributed by atoms with Crippen molar-refractivity contribution in [2.75, 3.05) is 0 Å². The van der Waals surface area contributed by atoms with Gasteiger partial charge in [0.15, 0.2) is 0 Å². The van der Waals surface area contributed by atoms with Crippen LogP contribution in [0.3, 0.4) is 0 Å². The number of phenols is 1. The van der Waals surface area contributed by atoms with E-state index in [4.69, 9.17) is 11.6 Å². The standard InChI is InChI=1S/C11H15ClO/c1-3-5-8(2)9-6-4-7-10(13)11(9)12/h4,6-8,13H,3,5H2,1-2H3. The average molecular weight is 199 g/mol. The molecule has 0 aromatic heterocycles. The van der Waals surface area contributed by atoms with Crippen molar-refractivity contribution in [1.29, 1.82) is 0 Å². The fourth-order valence-electron chi connectivity index (χ4n) is 1.51. The fourth-order valence-corrected chi connectivity index (χ4v) is 1.82. The minimum Gasteiger partial charge on any atom is -0.506 e. The summed E-state index contributed by atoms with van der Waals surface area (Å²) in [5, 5.41) is 9.89. The second kappa shape index (κ2) is 4.52. The molecular weight excluding hydrogens is 184 g/mol. The van der Waals surface area contributed by atoms with E-state index in [1.54, 1.807) is 6.07 Å². The normalized spacial score (nSPS) is 12.8. The van der Waals surface area contributed by atoms with E-state index in [2.05, 4.69) is 13.8 Å². The van der Waals surface area contributed by atoms with E-state index in [0.29, 0.717) is 10.9 Å². The molecule has 0 saturated carbocycles. The van der Waals surface area contributed by atoms with E-state index < -0.39 is 0 Å². The first-order chi connectivity index (χ1) is 6.16. The van der Waals surface area contributed by atoms with Crippen LogP contribution in [0.5, 0.6) is 5.75 Å². The first-order valence-corrected chi connectivity index (χ1v) is 5.02. The molecule has 0 spiro atoms. The highest BCUT2D eigenvalue weighted by atomic mass is 35.5. The van der Waals surface area contributed by atoms with Gasteiger partial charge in [0.25, 0.3) is 0 Å². The van der Waals surface area contributed by atoms with E-state index in [-0.39, 0.29) is 5.75 Å². The number of benzene rings is 1. The van der Waals surface area contributed by atoms with E-state index >= 15 is 0 Å². The van der Waals surface area contributed by atoms with Crippen LogP contribution in [0.1, 0.15) is 38.2 Å². The highest BCUT2D eigenvalue weighted by molar-refractivity contribution is 6.32. The van der Waals surface area contributed by atoms with Gasteiger partial charge in [0, 0.05) is 0 Å². The Morgan fingerprint density at radius 1 is 1.46 bits per heavy atom. The second-order valence-electron chi connectivity index (χ2n) is 3.37. The molecule has 0 radical (unpaired) electrons. The first kappa shape index (κ1) is 10.4. The van der Waals surface area contributed by atoms with Crippen molar-refractivity contribution in [3.63, 3.8) is 0 Å². The largest absolute Gasteiger partial charge is 0.506 e. The number of hydrogen-bond donors (Lipinski definition) is 1. The highest BCUT2D eigenvalue weighted by Crippen LogP contribution is 2.33. The molecule has 1 rings (SSSR count). The van der Waals surface area contributed by atoms with Gasteiger partial charge < -0.3 is 5.11 Å². The maximum Gasteiger partial charge on any atom is 0.134 e. The minimum atomic E-state index is 0.183. The molecule has 0 saturated heterocycles. The van der Waals surface area contributed by atoms with Gasteiger partial charge >= 0.3 is 0 Å². The van der Waals surface area contributed by atoms with Gasteiger partial charge in [0.2, 0.25) is 0 Å². The lowest BCUT2D eigenvalue weighted by molar-refractivity contribution is 0.473. The zero-order valence-corrected chi connectivity index (χ0v) is 8.80. The van der Waals surface area contributed by atoms with Gasteiger partial charge in [0.1, 0.15) is 5.75 Å². The Balaban J connectivity index is 2.93. The summed E-state index contributed by atoms with van der Waals surface area (Å²) in [5.74, 6) is 0.603. The van der Waals surface area contributed by atoms with Crippen molar-refractivity contribution in [2.24, 2.45) is 0 Å². The molecule has 0 aliphatic rings. The second-order valence-corrected chi connectivity index (χ2v) is 3.75. The molecule has 2 heteroatoms. The van der Waals surface area contributed by atoms with Crippen LogP contribution in [0.4, 0.5) is 0 Å². The summed E-state index contributed by atoms with van der Waals surface area (Å²) >= 11 is 5.97. The summed E-state index contributed by atoms with van der Waals surface area (Å²) in [5.41, 5.74) is 1.04. The molecule has 1 unspecified atom stereocenters. The zero-order chi connectivity index (χ0) is 9.84. The van der Waals surface area contributed by atoms with Crippen molar-refractivity contribution in [3.8, 4) is 5.75 Å². The fraction of sp³-hybridized carbons (Fsp3) is 0.455. The molecule has 1 aromatic rings. The summed E-state index contributed by atoms with van der Waals surface area (Å²) in [6.45, 7) is 4.28. The third-order valence-electron chi connectivity index (χ3n) is 2.26. The summed E-state index contributed by atoms with van der Waals surface area (Å²) in [6.07, 6.45) is 2.23. The quantitative estimate of drug-likeness (QED) is 0.780.